The average Bonchev–Trinajstić information content (AvgIpc) is 2.74. The summed E-state index contributed by atoms with van der Waals surface area (Å²) in [6.07, 6.45) is 0. The molecule has 0 aliphatic heterocycles. The monoisotopic (exact) mass is 450 g/mol. The zero-order chi connectivity index (χ0) is 20.0. The first-order chi connectivity index (χ1) is 13.3. The minimum atomic E-state index is -0.166. The summed E-state index contributed by atoms with van der Waals surface area (Å²) in [5.74, 6) is 9.71. The lowest BCUT2D eigenvalue weighted by Crippen LogP contribution is -1.92. The second kappa shape index (κ2) is 22.9. The van der Waals surface area contributed by atoms with Gasteiger partial charge in [0.25, 0.3) is 0 Å². The molecular weight excluding hydrogens is 424 g/mol. The van der Waals surface area contributed by atoms with Gasteiger partial charge in [-0.05, 0) is 11.1 Å². The van der Waals surface area contributed by atoms with Crippen molar-refractivity contribution in [3.63, 3.8) is 0 Å². The zero-order valence-corrected chi connectivity index (χ0v) is 17.2. The summed E-state index contributed by atoms with van der Waals surface area (Å²) < 4.78 is 5.24. The number of aliphatic hydroxyl groups excluding tert-OH is 3. The summed E-state index contributed by atoms with van der Waals surface area (Å²) in [5.41, 5.74) is 2.46. The summed E-state index contributed by atoms with van der Waals surface area (Å²) in [5, 5.41) is 25.1. The molecule has 152 valence electrons. The van der Waals surface area contributed by atoms with Crippen LogP contribution in [0, 0.1) is 23.7 Å². The van der Waals surface area contributed by atoms with Crippen LogP contribution in [-0.2, 0) is 16.7 Å². The number of rotatable bonds is 4. The first kappa shape index (κ1) is 28.1. The first-order valence-electron chi connectivity index (χ1n) is 8.24. The molecule has 5 nitrogen and oxygen atoms in total. The zero-order valence-electron chi connectivity index (χ0n) is 15.6. The third-order valence-corrected chi connectivity index (χ3v) is 3.42. The molecule has 0 spiro atoms. The summed E-state index contributed by atoms with van der Waals surface area (Å²) in [4.78, 5) is 0. The molecule has 6 heteroatoms. The van der Waals surface area contributed by atoms with Gasteiger partial charge in [-0.25, -0.2) is 0 Å². The van der Waals surface area contributed by atoms with Gasteiger partial charge in [-0.1, -0.05) is 100 Å². The third-order valence-electron chi connectivity index (χ3n) is 2.77. The van der Waals surface area contributed by atoms with Gasteiger partial charge in [-0.15, -0.1) is 0 Å². The Balaban J connectivity index is 0. The molecule has 0 saturated heterocycles. The lowest BCUT2D eigenvalue weighted by Gasteiger charge is -1.98. The minimum Gasteiger partial charge on any atom is -0.412 e. The molecule has 0 aliphatic carbocycles. The normalized spacial score (nSPS) is 8.14. The molecule has 5 N–H and O–H groups in total. The van der Waals surface area contributed by atoms with Crippen LogP contribution in [-0.4, -0.2) is 47.2 Å². The Hall–Kier alpha value is -2.16. The Morgan fingerprint density at radius 2 is 1.11 bits per heavy atom. The standard InChI is InChI=1S/C11H12O2.C7H7Br.C4H6O2.H2O/c12-8-4-5-9-13-10-11-6-2-1-3-7-11;8-6-7-4-2-1-3-5-7;5-3-1-2-4-6;/h1-3,6-7,12H,8-10H2;1-5H,6H2;5-6H,3-4H2;1H2. The predicted octanol–water partition coefficient (Wildman–Crippen LogP) is 1.93. The SMILES string of the molecule is BrCc1ccccc1.O.OCC#CCO.OCC#CCOCc1ccccc1. The van der Waals surface area contributed by atoms with Gasteiger partial charge in [0.15, 0.2) is 0 Å². The van der Waals surface area contributed by atoms with Crippen LogP contribution in [0.3, 0.4) is 0 Å². The molecule has 0 bridgehead atoms. The minimum absolute atomic E-state index is 0. The number of hydrogen-bond donors (Lipinski definition) is 3. The topological polar surface area (TPSA) is 101 Å². The molecule has 28 heavy (non-hydrogen) atoms. The second-order valence-electron chi connectivity index (χ2n) is 4.78. The molecule has 0 fully saturated rings. The van der Waals surface area contributed by atoms with Crippen molar-refractivity contribution in [2.75, 3.05) is 26.4 Å². The van der Waals surface area contributed by atoms with Gasteiger partial charge in [-0.3, -0.25) is 0 Å². The molecule has 0 aromatic heterocycles. The van der Waals surface area contributed by atoms with Gasteiger partial charge in [0.1, 0.15) is 26.4 Å². The molecule has 0 saturated carbocycles. The molecule has 0 heterocycles. The highest BCUT2D eigenvalue weighted by Crippen LogP contribution is 2.02. The van der Waals surface area contributed by atoms with E-state index in [0.717, 1.165) is 10.9 Å². The Kier molecular flexibility index (Phi) is 22.9. The van der Waals surface area contributed by atoms with Gasteiger partial charge in [0.2, 0.25) is 0 Å². The van der Waals surface area contributed by atoms with E-state index in [4.69, 9.17) is 20.1 Å². The molecule has 0 amide bonds. The fourth-order valence-corrected chi connectivity index (χ4v) is 1.95. The van der Waals surface area contributed by atoms with Gasteiger partial charge in [-0.2, -0.15) is 0 Å². The molecule has 2 aromatic carbocycles. The van der Waals surface area contributed by atoms with Crippen molar-refractivity contribution >= 4 is 15.9 Å². The van der Waals surface area contributed by atoms with Gasteiger partial charge in [0, 0.05) is 5.33 Å². The Morgan fingerprint density at radius 3 is 1.50 bits per heavy atom. The molecule has 0 aliphatic rings. The molecule has 2 rings (SSSR count). The highest BCUT2D eigenvalue weighted by molar-refractivity contribution is 9.08. The van der Waals surface area contributed by atoms with E-state index in [0.29, 0.717) is 13.2 Å². The van der Waals surface area contributed by atoms with Crippen molar-refractivity contribution in [2.45, 2.75) is 11.9 Å². The van der Waals surface area contributed by atoms with Crippen LogP contribution in [0.2, 0.25) is 0 Å². The predicted molar refractivity (Wildman–Crippen MR) is 116 cm³/mol. The summed E-state index contributed by atoms with van der Waals surface area (Å²) in [6, 6.07) is 20.2. The number of benzene rings is 2. The fraction of sp³-hybridized carbons (Fsp3) is 0.273. The maximum Gasteiger partial charge on any atom is 0.108 e. The highest BCUT2D eigenvalue weighted by atomic mass is 79.9. The van der Waals surface area contributed by atoms with Crippen LogP contribution in [0.4, 0.5) is 0 Å². The quantitative estimate of drug-likeness (QED) is 0.376. The van der Waals surface area contributed by atoms with Crippen molar-refractivity contribution in [3.8, 4) is 23.7 Å². The van der Waals surface area contributed by atoms with E-state index >= 15 is 0 Å². The molecular formula is C22H27BrO5. The van der Waals surface area contributed by atoms with Gasteiger partial charge in [0.05, 0.1) is 6.61 Å². The van der Waals surface area contributed by atoms with Crippen LogP contribution < -0.4 is 0 Å². The lowest BCUT2D eigenvalue weighted by atomic mass is 10.2. The van der Waals surface area contributed by atoms with E-state index in [2.05, 4.69) is 51.7 Å². The van der Waals surface area contributed by atoms with E-state index < -0.39 is 0 Å². The van der Waals surface area contributed by atoms with Crippen molar-refractivity contribution in [3.05, 3.63) is 71.8 Å². The van der Waals surface area contributed by atoms with Crippen LogP contribution in [0.1, 0.15) is 11.1 Å². The summed E-state index contributed by atoms with van der Waals surface area (Å²) in [6.45, 7) is 0.506. The van der Waals surface area contributed by atoms with Crippen molar-refractivity contribution in [1.29, 1.82) is 0 Å². The first-order valence-corrected chi connectivity index (χ1v) is 9.36. The molecule has 0 unspecified atom stereocenters. The van der Waals surface area contributed by atoms with Crippen molar-refractivity contribution in [2.24, 2.45) is 0 Å². The maximum atomic E-state index is 8.35. The number of hydrogen-bond acceptors (Lipinski definition) is 4. The van der Waals surface area contributed by atoms with Gasteiger partial charge < -0.3 is 25.5 Å². The number of alkyl halides is 1. The third kappa shape index (κ3) is 18.6. The lowest BCUT2D eigenvalue weighted by molar-refractivity contribution is 0.153. The summed E-state index contributed by atoms with van der Waals surface area (Å²) >= 11 is 3.36. The van der Waals surface area contributed by atoms with Gasteiger partial charge >= 0.3 is 0 Å². The largest absolute Gasteiger partial charge is 0.412 e. The van der Waals surface area contributed by atoms with E-state index in [-0.39, 0.29) is 25.3 Å². The number of ether oxygens (including phenoxy) is 1. The van der Waals surface area contributed by atoms with Crippen molar-refractivity contribution < 1.29 is 25.5 Å². The highest BCUT2D eigenvalue weighted by Gasteiger charge is 1.88. The van der Waals surface area contributed by atoms with E-state index in [9.17, 15) is 0 Å². The number of halogens is 1. The fourth-order valence-electron chi connectivity index (χ4n) is 1.58. The van der Waals surface area contributed by atoms with E-state index in [1.54, 1.807) is 0 Å². The second-order valence-corrected chi connectivity index (χ2v) is 5.34. The Bertz CT molecular complexity index is 677. The smallest absolute Gasteiger partial charge is 0.108 e. The number of aliphatic hydroxyl groups is 3. The van der Waals surface area contributed by atoms with Crippen LogP contribution in [0.15, 0.2) is 60.7 Å². The maximum absolute atomic E-state index is 8.35. The van der Waals surface area contributed by atoms with E-state index in [1.165, 1.54) is 5.56 Å². The van der Waals surface area contributed by atoms with E-state index in [1.807, 2.05) is 48.5 Å². The molecule has 2 aromatic rings. The summed E-state index contributed by atoms with van der Waals surface area (Å²) in [7, 11) is 0. The van der Waals surface area contributed by atoms with Crippen LogP contribution >= 0.6 is 15.9 Å². The molecule has 0 atom stereocenters. The molecule has 0 radical (unpaired) electrons. The van der Waals surface area contributed by atoms with Crippen LogP contribution in [0.25, 0.3) is 0 Å². The average molecular weight is 451 g/mol. The van der Waals surface area contributed by atoms with Crippen LogP contribution in [0.5, 0.6) is 0 Å². The Labute approximate surface area is 175 Å². The van der Waals surface area contributed by atoms with Crippen molar-refractivity contribution in [1.82, 2.24) is 0 Å². The Morgan fingerprint density at radius 1 is 0.679 bits per heavy atom.